The molecule has 0 spiro atoms. The Labute approximate surface area is 130 Å². The van der Waals surface area contributed by atoms with Crippen molar-refractivity contribution in [1.29, 1.82) is 0 Å². The van der Waals surface area contributed by atoms with Crippen LogP contribution in [0, 0.1) is 0 Å². The highest BCUT2D eigenvalue weighted by Crippen LogP contribution is 2.09. The van der Waals surface area contributed by atoms with Gasteiger partial charge in [-0.25, -0.2) is 0 Å². The second-order valence-electron chi connectivity index (χ2n) is 4.38. The van der Waals surface area contributed by atoms with E-state index in [9.17, 15) is 4.79 Å². The highest BCUT2D eigenvalue weighted by Gasteiger charge is 2.19. The maximum absolute atomic E-state index is 11.3. The zero-order chi connectivity index (χ0) is 16.1. The Morgan fingerprint density at radius 1 is 1.05 bits per heavy atom. The number of esters is 1. The molecule has 21 heavy (non-hydrogen) atoms. The van der Waals surface area contributed by atoms with Gasteiger partial charge in [-0.2, -0.15) is 0 Å². The third kappa shape index (κ3) is 10.8. The van der Waals surface area contributed by atoms with E-state index < -0.39 is 15.8 Å². The average Bonchev–Trinajstić information content (AvgIpc) is 2.46. The molecule has 0 amide bonds. The number of rotatable bonds is 13. The molecule has 0 N–H and O–H groups in total. The fraction of sp³-hybridized carbons (Fsp3) is 0.929. The fourth-order valence-electron chi connectivity index (χ4n) is 1.43. The van der Waals surface area contributed by atoms with Crippen molar-refractivity contribution in [2.75, 3.05) is 19.8 Å². The molecule has 0 fully saturated rings. The van der Waals surface area contributed by atoms with E-state index in [-0.39, 0.29) is 12.1 Å². The van der Waals surface area contributed by atoms with Crippen LogP contribution in [0.5, 0.6) is 0 Å². The molecule has 0 aromatic heterocycles. The maximum Gasteiger partial charge on any atom is 0.577 e. The minimum Gasteiger partial charge on any atom is -0.436 e. The molecule has 125 valence electrons. The van der Waals surface area contributed by atoms with Crippen LogP contribution in [-0.4, -0.2) is 47.7 Å². The standard InChI is InChI=1S/C14H29O6Si/c1-6-13(15)20-14(7-2)19-12(5)10-11-18-21(16-8-3)17-9-4/h12,14H,6-11H2,1-5H3. The zero-order valence-electron chi connectivity index (χ0n) is 13.8. The summed E-state index contributed by atoms with van der Waals surface area (Å²) in [6, 6.07) is 0. The number of ether oxygens (including phenoxy) is 2. The van der Waals surface area contributed by atoms with Gasteiger partial charge in [-0.15, -0.1) is 0 Å². The van der Waals surface area contributed by atoms with Crippen LogP contribution in [0.25, 0.3) is 0 Å². The maximum atomic E-state index is 11.3. The van der Waals surface area contributed by atoms with Crippen molar-refractivity contribution < 1.29 is 27.5 Å². The smallest absolute Gasteiger partial charge is 0.436 e. The third-order valence-electron chi connectivity index (χ3n) is 2.54. The topological polar surface area (TPSA) is 63.2 Å². The van der Waals surface area contributed by atoms with Crippen LogP contribution in [0.4, 0.5) is 0 Å². The van der Waals surface area contributed by atoms with E-state index in [4.69, 9.17) is 22.8 Å². The summed E-state index contributed by atoms with van der Waals surface area (Å²) < 4.78 is 27.2. The second-order valence-corrected chi connectivity index (χ2v) is 5.75. The van der Waals surface area contributed by atoms with Crippen LogP contribution in [0.2, 0.25) is 0 Å². The monoisotopic (exact) mass is 321 g/mol. The first-order chi connectivity index (χ1) is 10.1. The van der Waals surface area contributed by atoms with Crippen LogP contribution in [0.1, 0.15) is 53.9 Å². The van der Waals surface area contributed by atoms with Gasteiger partial charge in [0.15, 0.2) is 0 Å². The van der Waals surface area contributed by atoms with Crippen molar-refractivity contribution in [2.24, 2.45) is 0 Å². The van der Waals surface area contributed by atoms with E-state index in [1.165, 1.54) is 0 Å². The summed E-state index contributed by atoms with van der Waals surface area (Å²) in [5.41, 5.74) is 0. The third-order valence-corrected chi connectivity index (χ3v) is 4.03. The lowest BCUT2D eigenvalue weighted by Crippen LogP contribution is -2.30. The number of hydrogen-bond acceptors (Lipinski definition) is 6. The van der Waals surface area contributed by atoms with Crippen molar-refractivity contribution >= 4 is 15.5 Å². The lowest BCUT2D eigenvalue weighted by atomic mass is 10.3. The van der Waals surface area contributed by atoms with E-state index >= 15 is 0 Å². The molecule has 6 nitrogen and oxygen atoms in total. The normalized spacial score (nSPS) is 14.2. The van der Waals surface area contributed by atoms with Crippen molar-refractivity contribution in [3.8, 4) is 0 Å². The van der Waals surface area contributed by atoms with Crippen LogP contribution < -0.4 is 0 Å². The van der Waals surface area contributed by atoms with Gasteiger partial charge in [0.05, 0.1) is 6.10 Å². The summed E-state index contributed by atoms with van der Waals surface area (Å²) >= 11 is 0. The summed E-state index contributed by atoms with van der Waals surface area (Å²) in [5, 5.41) is 0. The molecule has 1 radical (unpaired) electrons. The number of carbonyl (C=O) groups excluding carboxylic acids is 1. The van der Waals surface area contributed by atoms with Crippen molar-refractivity contribution in [1.82, 2.24) is 0 Å². The van der Waals surface area contributed by atoms with Gasteiger partial charge in [0.2, 0.25) is 6.29 Å². The van der Waals surface area contributed by atoms with Crippen LogP contribution in [0.15, 0.2) is 0 Å². The first kappa shape index (κ1) is 20.5. The van der Waals surface area contributed by atoms with E-state index in [1.54, 1.807) is 6.92 Å². The molecular formula is C14H29O6Si. The molecule has 0 aromatic rings. The molecule has 0 rings (SSSR count). The predicted molar refractivity (Wildman–Crippen MR) is 80.6 cm³/mol. The Morgan fingerprint density at radius 3 is 2.14 bits per heavy atom. The Balaban J connectivity index is 3.95. The molecule has 0 aliphatic rings. The minimum absolute atomic E-state index is 0.0638. The van der Waals surface area contributed by atoms with Gasteiger partial charge in [-0.3, -0.25) is 4.79 Å². The summed E-state index contributed by atoms with van der Waals surface area (Å²) in [6.45, 7) is 11.1. The van der Waals surface area contributed by atoms with Crippen molar-refractivity contribution in [3.05, 3.63) is 0 Å². The van der Waals surface area contributed by atoms with Crippen molar-refractivity contribution in [2.45, 2.75) is 66.3 Å². The molecule has 2 unspecified atom stereocenters. The number of carbonyl (C=O) groups is 1. The highest BCUT2D eigenvalue weighted by atomic mass is 28.3. The zero-order valence-corrected chi connectivity index (χ0v) is 14.8. The molecule has 0 bridgehead atoms. The van der Waals surface area contributed by atoms with E-state index in [1.807, 2.05) is 27.7 Å². The van der Waals surface area contributed by atoms with Crippen LogP contribution in [-0.2, 0) is 27.5 Å². The molecule has 0 saturated heterocycles. The molecule has 0 aliphatic heterocycles. The van der Waals surface area contributed by atoms with Crippen molar-refractivity contribution in [3.63, 3.8) is 0 Å². The van der Waals surface area contributed by atoms with Gasteiger partial charge in [0, 0.05) is 32.7 Å². The highest BCUT2D eigenvalue weighted by molar-refractivity contribution is 6.36. The van der Waals surface area contributed by atoms with E-state index in [0.29, 0.717) is 39.1 Å². The lowest BCUT2D eigenvalue weighted by Gasteiger charge is -2.21. The molecule has 7 heteroatoms. The molecule has 0 aliphatic carbocycles. The Hall–Kier alpha value is -0.473. The molecular weight excluding hydrogens is 292 g/mol. The Bertz CT molecular complexity index is 258. The number of hydrogen-bond donors (Lipinski definition) is 0. The molecule has 2 atom stereocenters. The fourth-order valence-corrected chi connectivity index (χ4v) is 2.44. The quantitative estimate of drug-likeness (QED) is 0.295. The van der Waals surface area contributed by atoms with Gasteiger partial charge >= 0.3 is 15.5 Å². The molecule has 0 aromatic carbocycles. The first-order valence-corrected chi connectivity index (χ1v) is 8.89. The SMILES string of the molecule is CCO[Si](OCC)OCCC(C)OC(CC)OC(=O)CC. The van der Waals surface area contributed by atoms with Crippen LogP contribution >= 0.6 is 0 Å². The van der Waals surface area contributed by atoms with Gasteiger partial charge in [0.1, 0.15) is 0 Å². The lowest BCUT2D eigenvalue weighted by molar-refractivity contribution is -0.189. The largest absolute Gasteiger partial charge is 0.577 e. The van der Waals surface area contributed by atoms with Crippen LogP contribution in [0.3, 0.4) is 0 Å². The summed E-state index contributed by atoms with van der Waals surface area (Å²) in [7, 11) is -1.64. The summed E-state index contributed by atoms with van der Waals surface area (Å²) in [5.74, 6) is -0.247. The summed E-state index contributed by atoms with van der Waals surface area (Å²) in [6.07, 6.45) is 1.12. The van der Waals surface area contributed by atoms with Gasteiger partial charge in [-0.1, -0.05) is 13.8 Å². The second kappa shape index (κ2) is 13.2. The van der Waals surface area contributed by atoms with E-state index in [0.717, 1.165) is 0 Å². The Morgan fingerprint density at radius 2 is 1.67 bits per heavy atom. The first-order valence-electron chi connectivity index (χ1n) is 7.67. The minimum atomic E-state index is -1.64. The predicted octanol–water partition coefficient (Wildman–Crippen LogP) is 2.55. The van der Waals surface area contributed by atoms with Gasteiger partial charge < -0.3 is 22.8 Å². The average molecular weight is 321 g/mol. The molecule has 0 heterocycles. The van der Waals surface area contributed by atoms with Gasteiger partial charge in [-0.05, 0) is 27.2 Å². The summed E-state index contributed by atoms with van der Waals surface area (Å²) in [4.78, 5) is 11.3. The van der Waals surface area contributed by atoms with Gasteiger partial charge in [0.25, 0.3) is 0 Å². The van der Waals surface area contributed by atoms with E-state index in [2.05, 4.69) is 0 Å². The Kier molecular flexibility index (Phi) is 12.9. The molecule has 0 saturated carbocycles.